The number of hydrogen-bond donors (Lipinski definition) is 0. The van der Waals surface area contributed by atoms with Crippen LogP contribution in [0.3, 0.4) is 0 Å². The zero-order valence-corrected chi connectivity index (χ0v) is 8.70. The molecule has 0 bridgehead atoms. The molecule has 0 fully saturated rings. The van der Waals surface area contributed by atoms with E-state index in [1.165, 1.54) is 19.1 Å². The molecule has 1 aromatic carbocycles. The molecule has 0 spiro atoms. The largest absolute Gasteiger partial charge is 0.299 e. The average Bonchev–Trinajstić information content (AvgIpc) is 2.09. The van der Waals surface area contributed by atoms with Gasteiger partial charge in [0.05, 0.1) is 5.25 Å². The summed E-state index contributed by atoms with van der Waals surface area (Å²) in [5, 5.41) is -0.310. The Morgan fingerprint density at radius 3 is 2.57 bits per heavy atom. The third-order valence-electron chi connectivity index (χ3n) is 1.77. The Morgan fingerprint density at radius 2 is 2.07 bits per heavy atom. The van der Waals surface area contributed by atoms with E-state index < -0.39 is 11.6 Å². The molecule has 1 unspecified atom stereocenters. The lowest BCUT2D eigenvalue weighted by Gasteiger charge is -2.07. The van der Waals surface area contributed by atoms with E-state index in [-0.39, 0.29) is 11.0 Å². The van der Waals surface area contributed by atoms with Crippen molar-refractivity contribution in [3.63, 3.8) is 0 Å². The van der Waals surface area contributed by atoms with Crippen LogP contribution in [-0.4, -0.2) is 11.0 Å². The monoisotopic (exact) mass is 216 g/mol. The average molecular weight is 216 g/mol. The minimum Gasteiger partial charge on any atom is -0.299 e. The van der Waals surface area contributed by atoms with Crippen LogP contribution in [-0.2, 0) is 4.79 Å². The fraction of sp³-hybridized carbons (Fsp3) is 0.300. The van der Waals surface area contributed by atoms with Crippen molar-refractivity contribution in [2.45, 2.75) is 24.0 Å². The molecule has 1 aromatic rings. The van der Waals surface area contributed by atoms with Crippen LogP contribution in [0.15, 0.2) is 23.1 Å². The Labute approximate surface area is 85.5 Å². The summed E-state index contributed by atoms with van der Waals surface area (Å²) in [6, 6.07) is 3.34. The highest BCUT2D eigenvalue weighted by atomic mass is 32.2. The van der Waals surface area contributed by atoms with Crippen molar-refractivity contribution in [2.75, 3.05) is 0 Å². The van der Waals surface area contributed by atoms with Gasteiger partial charge in [-0.1, -0.05) is 0 Å². The number of carbonyl (C=O) groups excluding carboxylic acids is 1. The van der Waals surface area contributed by atoms with E-state index in [9.17, 15) is 13.6 Å². The minimum absolute atomic E-state index is 0.0290. The molecule has 0 aromatic heterocycles. The van der Waals surface area contributed by atoms with Crippen molar-refractivity contribution >= 4 is 17.5 Å². The molecule has 0 saturated carbocycles. The first-order chi connectivity index (χ1) is 6.50. The first-order valence-electron chi connectivity index (χ1n) is 4.13. The summed E-state index contributed by atoms with van der Waals surface area (Å²) < 4.78 is 25.6. The molecule has 0 radical (unpaired) electrons. The summed E-state index contributed by atoms with van der Waals surface area (Å²) in [6.07, 6.45) is 0. The van der Waals surface area contributed by atoms with Gasteiger partial charge < -0.3 is 0 Å². The van der Waals surface area contributed by atoms with Crippen molar-refractivity contribution in [3.8, 4) is 0 Å². The van der Waals surface area contributed by atoms with Crippen molar-refractivity contribution in [1.82, 2.24) is 0 Å². The maximum absolute atomic E-state index is 13.1. The van der Waals surface area contributed by atoms with Crippen LogP contribution >= 0.6 is 11.8 Å². The van der Waals surface area contributed by atoms with Gasteiger partial charge in [-0.25, -0.2) is 8.78 Å². The number of Topliss-reactive ketones (excluding diaryl/α,β-unsaturated/α-hetero) is 1. The first-order valence-corrected chi connectivity index (χ1v) is 5.01. The third-order valence-corrected chi connectivity index (χ3v) is 3.04. The lowest BCUT2D eigenvalue weighted by molar-refractivity contribution is -0.116. The smallest absolute Gasteiger partial charge is 0.142 e. The van der Waals surface area contributed by atoms with Gasteiger partial charge in [-0.3, -0.25) is 4.79 Å². The number of thioether (sulfide) groups is 1. The fourth-order valence-electron chi connectivity index (χ4n) is 0.844. The normalized spacial score (nSPS) is 12.6. The number of halogens is 2. The summed E-state index contributed by atoms with van der Waals surface area (Å²) in [7, 11) is 0. The second-order valence-electron chi connectivity index (χ2n) is 2.95. The predicted octanol–water partition coefficient (Wildman–Crippen LogP) is 3.03. The number of ketones is 1. The molecular weight excluding hydrogens is 206 g/mol. The number of benzene rings is 1. The molecular formula is C10H10F2OS. The quantitative estimate of drug-likeness (QED) is 0.722. The first kappa shape index (κ1) is 11.2. The molecule has 0 amide bonds. The summed E-state index contributed by atoms with van der Waals surface area (Å²) in [6.45, 7) is 3.13. The Hall–Kier alpha value is -0.900. The molecule has 1 nitrogen and oxygen atoms in total. The van der Waals surface area contributed by atoms with Crippen LogP contribution < -0.4 is 0 Å². The maximum atomic E-state index is 13.1. The van der Waals surface area contributed by atoms with E-state index in [0.29, 0.717) is 4.90 Å². The number of carbonyl (C=O) groups is 1. The van der Waals surface area contributed by atoms with Gasteiger partial charge in [0.25, 0.3) is 0 Å². The van der Waals surface area contributed by atoms with E-state index >= 15 is 0 Å². The van der Waals surface area contributed by atoms with Gasteiger partial charge in [0, 0.05) is 11.0 Å². The molecule has 76 valence electrons. The summed E-state index contributed by atoms with van der Waals surface area (Å²) in [5.41, 5.74) is 0. The van der Waals surface area contributed by atoms with Gasteiger partial charge >= 0.3 is 0 Å². The van der Waals surface area contributed by atoms with Crippen LogP contribution in [0.2, 0.25) is 0 Å². The zero-order valence-electron chi connectivity index (χ0n) is 7.88. The van der Waals surface area contributed by atoms with Crippen molar-refractivity contribution in [1.29, 1.82) is 0 Å². The molecule has 14 heavy (non-hydrogen) atoms. The molecule has 0 N–H and O–H groups in total. The van der Waals surface area contributed by atoms with Crippen LogP contribution in [0.4, 0.5) is 8.78 Å². The minimum atomic E-state index is -0.622. The second kappa shape index (κ2) is 4.55. The lowest BCUT2D eigenvalue weighted by atomic mass is 10.3. The van der Waals surface area contributed by atoms with E-state index in [1.54, 1.807) is 6.92 Å². The molecule has 0 aliphatic rings. The molecule has 1 rings (SSSR count). The summed E-state index contributed by atoms with van der Waals surface area (Å²) >= 11 is 1.10. The Balaban J connectivity index is 2.82. The molecule has 0 aliphatic heterocycles. The van der Waals surface area contributed by atoms with E-state index in [2.05, 4.69) is 0 Å². The molecule has 0 aliphatic carbocycles. The SMILES string of the molecule is CC(=O)C(C)Sc1ccc(F)cc1F. The summed E-state index contributed by atoms with van der Waals surface area (Å²) in [4.78, 5) is 11.2. The fourth-order valence-corrected chi connectivity index (χ4v) is 1.71. The Morgan fingerprint density at radius 1 is 1.43 bits per heavy atom. The van der Waals surface area contributed by atoms with E-state index in [0.717, 1.165) is 17.8 Å². The van der Waals surface area contributed by atoms with Gasteiger partial charge in [0.2, 0.25) is 0 Å². The van der Waals surface area contributed by atoms with Crippen LogP contribution in [0.1, 0.15) is 13.8 Å². The lowest BCUT2D eigenvalue weighted by Crippen LogP contribution is -2.08. The van der Waals surface area contributed by atoms with Crippen LogP contribution in [0.25, 0.3) is 0 Å². The van der Waals surface area contributed by atoms with Gasteiger partial charge in [0.1, 0.15) is 17.4 Å². The predicted molar refractivity (Wildman–Crippen MR) is 52.4 cm³/mol. The van der Waals surface area contributed by atoms with E-state index in [1.807, 2.05) is 0 Å². The third kappa shape index (κ3) is 2.80. The molecule has 0 saturated heterocycles. The summed E-state index contributed by atoms with van der Waals surface area (Å²) in [5.74, 6) is -1.26. The molecule has 4 heteroatoms. The Bertz CT molecular complexity index is 352. The van der Waals surface area contributed by atoms with Gasteiger partial charge in [0.15, 0.2) is 0 Å². The van der Waals surface area contributed by atoms with Crippen molar-refractivity contribution < 1.29 is 13.6 Å². The molecule has 1 atom stereocenters. The Kier molecular flexibility index (Phi) is 3.63. The van der Waals surface area contributed by atoms with Crippen LogP contribution in [0, 0.1) is 11.6 Å². The maximum Gasteiger partial charge on any atom is 0.142 e. The standard InChI is InChI=1S/C10H10F2OS/c1-6(13)7(2)14-10-4-3-8(11)5-9(10)12/h3-5,7H,1-2H3. The highest BCUT2D eigenvalue weighted by Gasteiger charge is 2.12. The van der Waals surface area contributed by atoms with Gasteiger partial charge in [-0.05, 0) is 26.0 Å². The topological polar surface area (TPSA) is 17.1 Å². The van der Waals surface area contributed by atoms with Crippen molar-refractivity contribution in [2.24, 2.45) is 0 Å². The van der Waals surface area contributed by atoms with E-state index in [4.69, 9.17) is 0 Å². The number of rotatable bonds is 3. The highest BCUT2D eigenvalue weighted by Crippen LogP contribution is 2.26. The van der Waals surface area contributed by atoms with Gasteiger partial charge in [-0.2, -0.15) is 0 Å². The zero-order chi connectivity index (χ0) is 10.7. The second-order valence-corrected chi connectivity index (χ2v) is 4.33. The molecule has 0 heterocycles. The van der Waals surface area contributed by atoms with Crippen molar-refractivity contribution in [3.05, 3.63) is 29.8 Å². The van der Waals surface area contributed by atoms with Gasteiger partial charge in [-0.15, -0.1) is 11.8 Å². The highest BCUT2D eigenvalue weighted by molar-refractivity contribution is 8.00. The van der Waals surface area contributed by atoms with Crippen LogP contribution in [0.5, 0.6) is 0 Å². The number of hydrogen-bond acceptors (Lipinski definition) is 2.